The van der Waals surface area contributed by atoms with E-state index in [4.69, 9.17) is 4.42 Å². The van der Waals surface area contributed by atoms with Gasteiger partial charge in [-0.05, 0) is 49.6 Å². The van der Waals surface area contributed by atoms with Crippen molar-refractivity contribution in [2.45, 2.75) is 38.6 Å². The lowest BCUT2D eigenvalue weighted by atomic mass is 10.1. The molecule has 0 N–H and O–H groups in total. The summed E-state index contributed by atoms with van der Waals surface area (Å²) >= 11 is 0. The van der Waals surface area contributed by atoms with Crippen LogP contribution < -0.4 is 0 Å². The highest BCUT2D eigenvalue weighted by Crippen LogP contribution is 2.32. The summed E-state index contributed by atoms with van der Waals surface area (Å²) in [6.45, 7) is 2.83. The van der Waals surface area contributed by atoms with E-state index in [1.54, 1.807) is 12.4 Å². The second-order valence-corrected chi connectivity index (χ2v) is 6.89. The molecular weight excluding hydrogens is 340 g/mol. The molecule has 4 rings (SSSR count). The molecule has 6 nitrogen and oxygen atoms in total. The zero-order chi connectivity index (χ0) is 18.6. The van der Waals surface area contributed by atoms with Crippen LogP contribution in [0.15, 0.2) is 53.2 Å². The van der Waals surface area contributed by atoms with Gasteiger partial charge >= 0.3 is 0 Å². The highest BCUT2D eigenvalue weighted by atomic mass is 16.4. The lowest BCUT2D eigenvalue weighted by Crippen LogP contribution is -2.30. The molecule has 1 atom stereocenters. The SMILES string of the molecule is Cc1ccc(-c2nnc(CCC(=O)N3CCCC3c3ccncc3)o2)cc1. The molecule has 0 spiro atoms. The van der Waals surface area contributed by atoms with Gasteiger partial charge in [0.15, 0.2) is 0 Å². The van der Waals surface area contributed by atoms with Crippen LogP contribution in [-0.2, 0) is 11.2 Å². The lowest BCUT2D eigenvalue weighted by molar-refractivity contribution is -0.132. The minimum atomic E-state index is 0.129. The van der Waals surface area contributed by atoms with Crippen LogP contribution in [0.1, 0.15) is 42.3 Å². The Morgan fingerprint density at radius 3 is 2.70 bits per heavy atom. The third-order valence-corrected chi connectivity index (χ3v) is 4.98. The molecule has 6 heteroatoms. The molecule has 0 bridgehead atoms. The van der Waals surface area contributed by atoms with Crippen LogP contribution in [0.3, 0.4) is 0 Å². The minimum Gasteiger partial charge on any atom is -0.421 e. The number of aromatic nitrogens is 3. The molecule has 0 aliphatic carbocycles. The van der Waals surface area contributed by atoms with Crippen LogP contribution in [-0.4, -0.2) is 32.5 Å². The number of nitrogens with zero attached hydrogens (tertiary/aromatic N) is 4. The number of aryl methyl sites for hydroxylation is 2. The van der Waals surface area contributed by atoms with Crippen LogP contribution in [0.2, 0.25) is 0 Å². The summed E-state index contributed by atoms with van der Waals surface area (Å²) in [7, 11) is 0. The number of amides is 1. The normalized spacial score (nSPS) is 16.6. The molecule has 1 aromatic carbocycles. The third kappa shape index (κ3) is 3.89. The number of carbonyl (C=O) groups is 1. The van der Waals surface area contributed by atoms with Crippen LogP contribution in [0, 0.1) is 6.92 Å². The van der Waals surface area contributed by atoms with Crippen molar-refractivity contribution in [3.05, 3.63) is 65.8 Å². The highest BCUT2D eigenvalue weighted by Gasteiger charge is 2.29. The maximum atomic E-state index is 12.7. The predicted octanol–water partition coefficient (Wildman–Crippen LogP) is 3.74. The molecule has 1 saturated heterocycles. The van der Waals surface area contributed by atoms with Gasteiger partial charge in [-0.1, -0.05) is 17.7 Å². The fourth-order valence-corrected chi connectivity index (χ4v) is 3.52. The summed E-state index contributed by atoms with van der Waals surface area (Å²) in [6, 6.07) is 12.1. The van der Waals surface area contributed by atoms with Gasteiger partial charge in [0.05, 0.1) is 6.04 Å². The Morgan fingerprint density at radius 1 is 1.15 bits per heavy atom. The largest absolute Gasteiger partial charge is 0.421 e. The van der Waals surface area contributed by atoms with E-state index >= 15 is 0 Å². The van der Waals surface area contributed by atoms with Crippen LogP contribution >= 0.6 is 0 Å². The monoisotopic (exact) mass is 362 g/mol. The molecule has 1 unspecified atom stereocenters. The molecule has 1 aliphatic heterocycles. The lowest BCUT2D eigenvalue weighted by Gasteiger charge is -2.24. The molecule has 1 aliphatic rings. The average molecular weight is 362 g/mol. The van der Waals surface area contributed by atoms with E-state index < -0.39 is 0 Å². The van der Waals surface area contributed by atoms with Gasteiger partial charge in [0, 0.05) is 37.3 Å². The van der Waals surface area contributed by atoms with Gasteiger partial charge < -0.3 is 9.32 Å². The predicted molar refractivity (Wildman–Crippen MR) is 101 cm³/mol. The zero-order valence-electron chi connectivity index (χ0n) is 15.3. The summed E-state index contributed by atoms with van der Waals surface area (Å²) < 4.78 is 5.73. The van der Waals surface area contributed by atoms with E-state index in [-0.39, 0.29) is 11.9 Å². The van der Waals surface area contributed by atoms with Gasteiger partial charge in [-0.3, -0.25) is 9.78 Å². The Balaban J connectivity index is 1.39. The second kappa shape index (κ2) is 7.70. The van der Waals surface area contributed by atoms with Crippen molar-refractivity contribution in [2.75, 3.05) is 6.54 Å². The van der Waals surface area contributed by atoms with Gasteiger partial charge in [0.1, 0.15) is 0 Å². The van der Waals surface area contributed by atoms with Crippen molar-refractivity contribution >= 4 is 5.91 Å². The van der Waals surface area contributed by atoms with Crippen molar-refractivity contribution in [1.29, 1.82) is 0 Å². The van der Waals surface area contributed by atoms with Crippen LogP contribution in [0.4, 0.5) is 0 Å². The fraction of sp³-hybridized carbons (Fsp3) is 0.333. The molecule has 1 amide bonds. The van der Waals surface area contributed by atoms with E-state index in [0.29, 0.717) is 24.6 Å². The molecular formula is C21H22N4O2. The first-order valence-corrected chi connectivity index (χ1v) is 9.29. The molecule has 3 heterocycles. The first-order valence-electron chi connectivity index (χ1n) is 9.29. The van der Waals surface area contributed by atoms with E-state index in [1.807, 2.05) is 48.2 Å². The average Bonchev–Trinajstić information content (AvgIpc) is 3.37. The standard InChI is InChI=1S/C21H22N4O2/c1-15-4-6-17(7-5-15)21-24-23-19(27-21)8-9-20(26)25-14-2-3-18(25)16-10-12-22-13-11-16/h4-7,10-13,18H,2-3,8-9,14H2,1H3. The molecule has 138 valence electrons. The molecule has 0 radical (unpaired) electrons. The number of pyridine rings is 1. The van der Waals surface area contributed by atoms with E-state index in [2.05, 4.69) is 15.2 Å². The van der Waals surface area contributed by atoms with Crippen molar-refractivity contribution in [2.24, 2.45) is 0 Å². The number of benzene rings is 1. The minimum absolute atomic E-state index is 0.129. The highest BCUT2D eigenvalue weighted by molar-refractivity contribution is 5.77. The Kier molecular flexibility index (Phi) is 4.96. The van der Waals surface area contributed by atoms with Crippen LogP contribution in [0.5, 0.6) is 0 Å². The Labute approximate surface area is 158 Å². The number of hydrogen-bond donors (Lipinski definition) is 0. The first kappa shape index (κ1) is 17.4. The Morgan fingerprint density at radius 2 is 1.93 bits per heavy atom. The quantitative estimate of drug-likeness (QED) is 0.691. The van der Waals surface area contributed by atoms with Crippen molar-refractivity contribution in [3.63, 3.8) is 0 Å². The van der Waals surface area contributed by atoms with Gasteiger partial charge in [-0.2, -0.15) is 0 Å². The Bertz CT molecular complexity index is 905. The summed E-state index contributed by atoms with van der Waals surface area (Å²) in [5, 5.41) is 8.20. The van der Waals surface area contributed by atoms with Gasteiger partial charge in [-0.25, -0.2) is 0 Å². The first-order chi connectivity index (χ1) is 13.2. The molecule has 1 fully saturated rings. The molecule has 0 saturated carbocycles. The van der Waals surface area contributed by atoms with E-state index in [0.717, 1.165) is 30.5 Å². The maximum absolute atomic E-state index is 12.7. The molecule has 3 aromatic rings. The van der Waals surface area contributed by atoms with E-state index in [9.17, 15) is 4.79 Å². The number of hydrogen-bond acceptors (Lipinski definition) is 5. The van der Waals surface area contributed by atoms with E-state index in [1.165, 1.54) is 5.56 Å². The van der Waals surface area contributed by atoms with Gasteiger partial charge in [0.25, 0.3) is 0 Å². The summed E-state index contributed by atoms with van der Waals surface area (Å²) in [5.41, 5.74) is 3.22. The third-order valence-electron chi connectivity index (χ3n) is 4.98. The number of likely N-dealkylation sites (tertiary alicyclic amines) is 1. The number of carbonyl (C=O) groups excluding carboxylic acids is 1. The second-order valence-electron chi connectivity index (χ2n) is 6.89. The van der Waals surface area contributed by atoms with Gasteiger partial charge in [0.2, 0.25) is 17.7 Å². The van der Waals surface area contributed by atoms with Crippen LogP contribution in [0.25, 0.3) is 11.5 Å². The summed E-state index contributed by atoms with van der Waals surface area (Å²) in [6.07, 6.45) is 6.40. The Hall–Kier alpha value is -3.02. The van der Waals surface area contributed by atoms with Crippen molar-refractivity contribution in [1.82, 2.24) is 20.1 Å². The maximum Gasteiger partial charge on any atom is 0.247 e. The smallest absolute Gasteiger partial charge is 0.247 e. The van der Waals surface area contributed by atoms with Crippen molar-refractivity contribution in [3.8, 4) is 11.5 Å². The summed E-state index contributed by atoms with van der Waals surface area (Å²) in [4.78, 5) is 18.8. The zero-order valence-corrected chi connectivity index (χ0v) is 15.3. The molecule has 2 aromatic heterocycles. The number of rotatable bonds is 5. The van der Waals surface area contributed by atoms with Crippen molar-refractivity contribution < 1.29 is 9.21 Å². The fourth-order valence-electron chi connectivity index (χ4n) is 3.52. The van der Waals surface area contributed by atoms with Gasteiger partial charge in [-0.15, -0.1) is 10.2 Å². The summed E-state index contributed by atoms with van der Waals surface area (Å²) in [5.74, 6) is 1.12. The molecule has 27 heavy (non-hydrogen) atoms. The topological polar surface area (TPSA) is 72.1 Å².